The molecule has 0 unspecified atom stereocenters. The summed E-state index contributed by atoms with van der Waals surface area (Å²) in [7, 11) is 1.35. The fraction of sp³-hybridized carbons (Fsp3) is 0.250. The summed E-state index contributed by atoms with van der Waals surface area (Å²) < 4.78 is 6.53. The first-order chi connectivity index (χ1) is 12.5. The Hall–Kier alpha value is -3.15. The van der Waals surface area contributed by atoms with Gasteiger partial charge in [-0.05, 0) is 41.3 Å². The van der Waals surface area contributed by atoms with Crippen LogP contribution in [-0.4, -0.2) is 28.4 Å². The molecule has 6 heteroatoms. The lowest BCUT2D eigenvalue weighted by Gasteiger charge is -2.15. The van der Waals surface area contributed by atoms with Crippen LogP contribution in [0, 0.1) is 0 Å². The predicted molar refractivity (Wildman–Crippen MR) is 98.2 cm³/mol. The molecule has 2 heterocycles. The van der Waals surface area contributed by atoms with E-state index in [0.29, 0.717) is 23.4 Å². The minimum absolute atomic E-state index is 0.220. The molecule has 26 heavy (non-hydrogen) atoms. The number of carbonyl (C=O) groups excluding carboxylic acids is 2. The van der Waals surface area contributed by atoms with Crippen LogP contribution in [0.25, 0.3) is 5.65 Å². The molecule has 2 aromatic heterocycles. The van der Waals surface area contributed by atoms with Gasteiger partial charge in [-0.1, -0.05) is 26.0 Å². The summed E-state index contributed by atoms with van der Waals surface area (Å²) in [5.74, 6) is -0.346. The van der Waals surface area contributed by atoms with Crippen molar-refractivity contribution < 1.29 is 14.3 Å². The number of benzene rings is 1. The van der Waals surface area contributed by atoms with Crippen LogP contribution in [0.2, 0.25) is 0 Å². The third-order valence-electron chi connectivity index (χ3n) is 4.28. The highest BCUT2D eigenvalue weighted by molar-refractivity contribution is 5.93. The van der Waals surface area contributed by atoms with Crippen LogP contribution in [0.1, 0.15) is 51.7 Å². The molecule has 134 valence electrons. The van der Waals surface area contributed by atoms with Gasteiger partial charge in [0.05, 0.1) is 18.9 Å². The monoisotopic (exact) mass is 351 g/mol. The van der Waals surface area contributed by atoms with Crippen LogP contribution in [0.4, 0.5) is 0 Å². The average Bonchev–Trinajstić information content (AvgIpc) is 3.09. The van der Waals surface area contributed by atoms with Gasteiger partial charge in [-0.3, -0.25) is 9.20 Å². The maximum absolute atomic E-state index is 12.6. The zero-order valence-electron chi connectivity index (χ0n) is 15.0. The summed E-state index contributed by atoms with van der Waals surface area (Å²) in [5.41, 5.74) is 3.63. The first kappa shape index (κ1) is 17.7. The Balaban J connectivity index is 1.84. The highest BCUT2D eigenvalue weighted by Crippen LogP contribution is 2.21. The highest BCUT2D eigenvalue weighted by atomic mass is 16.5. The van der Waals surface area contributed by atoms with E-state index in [2.05, 4.69) is 24.1 Å². The average molecular weight is 351 g/mol. The van der Waals surface area contributed by atoms with Crippen molar-refractivity contribution in [2.75, 3.05) is 7.11 Å². The maximum atomic E-state index is 12.6. The molecule has 0 atom stereocenters. The lowest BCUT2D eigenvalue weighted by atomic mass is 9.95. The Morgan fingerprint density at radius 2 is 2.04 bits per heavy atom. The third-order valence-corrected chi connectivity index (χ3v) is 4.28. The van der Waals surface area contributed by atoms with Crippen LogP contribution in [0.3, 0.4) is 0 Å². The fourth-order valence-corrected chi connectivity index (χ4v) is 2.93. The molecule has 3 rings (SSSR count). The van der Waals surface area contributed by atoms with Gasteiger partial charge < -0.3 is 10.1 Å². The molecule has 0 aliphatic rings. The molecule has 0 fully saturated rings. The van der Waals surface area contributed by atoms with Crippen molar-refractivity contribution in [3.05, 3.63) is 71.2 Å². The minimum atomic E-state index is -0.394. The van der Waals surface area contributed by atoms with E-state index in [4.69, 9.17) is 4.74 Å². The smallest absolute Gasteiger partial charge is 0.337 e. The van der Waals surface area contributed by atoms with Gasteiger partial charge in [0.15, 0.2) is 0 Å². The Kier molecular flexibility index (Phi) is 5.02. The zero-order valence-corrected chi connectivity index (χ0v) is 15.0. The zero-order chi connectivity index (χ0) is 18.7. The van der Waals surface area contributed by atoms with Gasteiger partial charge in [-0.25, -0.2) is 9.78 Å². The summed E-state index contributed by atoms with van der Waals surface area (Å²) in [6.45, 7) is 4.46. The number of imidazole rings is 1. The number of pyridine rings is 1. The van der Waals surface area contributed by atoms with Crippen LogP contribution in [0.5, 0.6) is 0 Å². The SMILES string of the molecule is COC(=O)c1ccc(C(C)C)c(CNC(=O)c2cnc3ccccn23)c1. The first-order valence-electron chi connectivity index (χ1n) is 8.42. The van der Waals surface area contributed by atoms with Crippen molar-refractivity contribution in [2.24, 2.45) is 0 Å². The molecule has 0 saturated carbocycles. The van der Waals surface area contributed by atoms with Crippen molar-refractivity contribution in [3.63, 3.8) is 0 Å². The van der Waals surface area contributed by atoms with Crippen LogP contribution >= 0.6 is 0 Å². The molecule has 0 spiro atoms. The van der Waals surface area contributed by atoms with E-state index in [1.807, 2.05) is 24.3 Å². The molecular formula is C20H21N3O3. The number of methoxy groups -OCH3 is 1. The summed E-state index contributed by atoms with van der Waals surface area (Å²) in [6.07, 6.45) is 3.35. The number of aromatic nitrogens is 2. The standard InChI is InChI=1S/C20H21N3O3/c1-13(2)16-8-7-14(20(25)26-3)10-15(16)11-22-19(24)17-12-21-18-6-4-5-9-23(17)18/h4-10,12-13H,11H2,1-3H3,(H,22,24). The molecule has 0 bridgehead atoms. The van der Waals surface area contributed by atoms with E-state index in [9.17, 15) is 9.59 Å². The molecular weight excluding hydrogens is 330 g/mol. The normalized spacial score (nSPS) is 10.9. The Labute approximate surface area is 151 Å². The molecule has 0 saturated heterocycles. The number of amides is 1. The number of fused-ring (bicyclic) bond motifs is 1. The molecule has 0 aliphatic carbocycles. The van der Waals surface area contributed by atoms with Gasteiger partial charge >= 0.3 is 5.97 Å². The van der Waals surface area contributed by atoms with Crippen molar-refractivity contribution in [2.45, 2.75) is 26.3 Å². The number of nitrogens with one attached hydrogen (secondary N) is 1. The van der Waals surface area contributed by atoms with Crippen molar-refractivity contribution in [1.82, 2.24) is 14.7 Å². The molecule has 1 amide bonds. The van der Waals surface area contributed by atoms with E-state index in [0.717, 1.165) is 11.1 Å². The Morgan fingerprint density at radius 3 is 2.77 bits per heavy atom. The lowest BCUT2D eigenvalue weighted by Crippen LogP contribution is -2.25. The topological polar surface area (TPSA) is 72.7 Å². The van der Waals surface area contributed by atoms with Gasteiger partial charge in [0.25, 0.3) is 5.91 Å². The van der Waals surface area contributed by atoms with Gasteiger partial charge in [-0.2, -0.15) is 0 Å². The van der Waals surface area contributed by atoms with E-state index >= 15 is 0 Å². The van der Waals surface area contributed by atoms with Gasteiger partial charge in [0.2, 0.25) is 0 Å². The quantitative estimate of drug-likeness (QED) is 0.717. The number of carbonyl (C=O) groups is 2. The van der Waals surface area contributed by atoms with Crippen LogP contribution in [0.15, 0.2) is 48.8 Å². The molecule has 6 nitrogen and oxygen atoms in total. The maximum Gasteiger partial charge on any atom is 0.337 e. The van der Waals surface area contributed by atoms with Crippen molar-refractivity contribution in [3.8, 4) is 0 Å². The van der Waals surface area contributed by atoms with E-state index < -0.39 is 5.97 Å². The summed E-state index contributed by atoms with van der Waals surface area (Å²) in [5, 5.41) is 2.92. The number of hydrogen-bond acceptors (Lipinski definition) is 4. The number of ether oxygens (including phenoxy) is 1. The summed E-state index contributed by atoms with van der Waals surface area (Å²) in [6, 6.07) is 11.0. The van der Waals surface area contributed by atoms with Crippen molar-refractivity contribution >= 4 is 17.5 Å². The summed E-state index contributed by atoms with van der Waals surface area (Å²) >= 11 is 0. The molecule has 0 aliphatic heterocycles. The number of hydrogen-bond donors (Lipinski definition) is 1. The molecule has 0 radical (unpaired) electrons. The van der Waals surface area contributed by atoms with Gasteiger partial charge in [0.1, 0.15) is 11.3 Å². The first-order valence-corrected chi connectivity index (χ1v) is 8.42. The molecule has 3 aromatic rings. The van der Waals surface area contributed by atoms with Gasteiger partial charge in [-0.15, -0.1) is 0 Å². The van der Waals surface area contributed by atoms with E-state index in [1.165, 1.54) is 7.11 Å². The second kappa shape index (κ2) is 7.39. The number of esters is 1. The lowest BCUT2D eigenvalue weighted by molar-refractivity contribution is 0.0600. The predicted octanol–water partition coefficient (Wildman–Crippen LogP) is 3.17. The Morgan fingerprint density at radius 1 is 1.23 bits per heavy atom. The largest absolute Gasteiger partial charge is 0.465 e. The third kappa shape index (κ3) is 3.44. The highest BCUT2D eigenvalue weighted by Gasteiger charge is 2.15. The fourth-order valence-electron chi connectivity index (χ4n) is 2.93. The van der Waals surface area contributed by atoms with Crippen LogP contribution in [-0.2, 0) is 11.3 Å². The number of nitrogens with zero attached hydrogens (tertiary/aromatic N) is 2. The number of rotatable bonds is 5. The second-order valence-electron chi connectivity index (χ2n) is 6.31. The van der Waals surface area contributed by atoms with Crippen molar-refractivity contribution in [1.29, 1.82) is 0 Å². The van der Waals surface area contributed by atoms with E-state index in [1.54, 1.807) is 28.9 Å². The van der Waals surface area contributed by atoms with Crippen LogP contribution < -0.4 is 5.32 Å². The second-order valence-corrected chi connectivity index (χ2v) is 6.31. The van der Waals surface area contributed by atoms with E-state index in [-0.39, 0.29) is 11.8 Å². The Bertz CT molecular complexity index is 960. The van der Waals surface area contributed by atoms with Gasteiger partial charge in [0, 0.05) is 12.7 Å². The molecule has 1 N–H and O–H groups in total. The molecule has 1 aromatic carbocycles. The summed E-state index contributed by atoms with van der Waals surface area (Å²) in [4.78, 5) is 28.6. The minimum Gasteiger partial charge on any atom is -0.465 e.